The number of para-hydroxylation sites is 2. The monoisotopic (exact) mass is 717 g/mol. The van der Waals surface area contributed by atoms with Crippen LogP contribution in [0.5, 0.6) is 0 Å². The molecule has 0 spiro atoms. The molecule has 4 aromatic heterocycles. The third-order valence-corrected chi connectivity index (χ3v) is 10.6. The molecule has 0 saturated carbocycles. The molecule has 5 nitrogen and oxygen atoms in total. The van der Waals surface area contributed by atoms with Crippen LogP contribution in [0.4, 0.5) is 0 Å². The minimum Gasteiger partial charge on any atom is -0.456 e. The van der Waals surface area contributed by atoms with Crippen LogP contribution in [0.2, 0.25) is 0 Å². The molecule has 262 valence electrons. The maximum Gasteiger partial charge on any atom is 0.160 e. The van der Waals surface area contributed by atoms with Gasteiger partial charge in [0.15, 0.2) is 5.82 Å². The molecule has 11 rings (SSSR count). The van der Waals surface area contributed by atoms with E-state index < -0.39 is 0 Å². The summed E-state index contributed by atoms with van der Waals surface area (Å²) in [6, 6.07) is 60.7. The number of aromatic nitrogens is 3. The van der Waals surface area contributed by atoms with E-state index in [1.54, 1.807) is 6.20 Å². The van der Waals surface area contributed by atoms with E-state index in [-0.39, 0.29) is 0 Å². The summed E-state index contributed by atoms with van der Waals surface area (Å²) < 4.78 is 12.8. The molecule has 5 heteroatoms. The van der Waals surface area contributed by atoms with Gasteiger partial charge in [0.2, 0.25) is 0 Å². The molecule has 4 heterocycles. The maximum atomic E-state index is 6.67. The highest BCUT2D eigenvalue weighted by Gasteiger charge is 2.19. The Hall–Kier alpha value is -7.63. The van der Waals surface area contributed by atoms with Crippen molar-refractivity contribution in [3.05, 3.63) is 188 Å². The fraction of sp³-hybridized carbons (Fsp3) is 0. The molecule has 7 aromatic carbocycles. The van der Waals surface area contributed by atoms with Gasteiger partial charge in [-0.2, -0.15) is 0 Å². The summed E-state index contributed by atoms with van der Waals surface area (Å²) in [5.41, 5.74) is 14.7. The Balaban J connectivity index is 1.01. The summed E-state index contributed by atoms with van der Waals surface area (Å²) in [6.45, 7) is 0. The van der Waals surface area contributed by atoms with Gasteiger partial charge < -0.3 is 8.83 Å². The van der Waals surface area contributed by atoms with Crippen LogP contribution in [0.25, 0.3) is 111 Å². The van der Waals surface area contributed by atoms with Crippen molar-refractivity contribution >= 4 is 43.9 Å². The summed E-state index contributed by atoms with van der Waals surface area (Å²) >= 11 is 0. The summed E-state index contributed by atoms with van der Waals surface area (Å²) in [6.07, 6.45) is 3.67. The quantitative estimate of drug-likeness (QED) is 0.171. The van der Waals surface area contributed by atoms with E-state index in [9.17, 15) is 0 Å². The Morgan fingerprint density at radius 3 is 1.71 bits per heavy atom. The fourth-order valence-corrected chi connectivity index (χ4v) is 7.84. The van der Waals surface area contributed by atoms with Crippen molar-refractivity contribution in [1.82, 2.24) is 15.0 Å². The first kappa shape index (κ1) is 31.9. The van der Waals surface area contributed by atoms with Crippen molar-refractivity contribution in [1.29, 1.82) is 0 Å². The molecule has 0 amide bonds. The lowest BCUT2D eigenvalue weighted by atomic mass is 9.93. The van der Waals surface area contributed by atoms with Gasteiger partial charge in [0, 0.05) is 56.2 Å². The third kappa shape index (κ3) is 5.45. The standard InChI is InChI=1S/C51H31N3O2/c1-2-9-34(10-3-1)44-30-45(35-20-16-32(17-21-35)38-11-8-28-52-31-38)54-51(53-44)36-22-18-33(19-23-36)39-25-26-40(50-49(39)42-13-5-7-15-47(42)56-50)37-24-27-48-43(29-37)41-12-4-6-14-46(41)55-48/h1-31H. The minimum atomic E-state index is 0.667. The van der Waals surface area contributed by atoms with Gasteiger partial charge in [0.1, 0.15) is 22.3 Å². The number of rotatable bonds is 6. The zero-order valence-electron chi connectivity index (χ0n) is 30.1. The molecule has 0 aliphatic carbocycles. The van der Waals surface area contributed by atoms with Gasteiger partial charge in [0.05, 0.1) is 11.4 Å². The number of fused-ring (bicyclic) bond motifs is 6. The van der Waals surface area contributed by atoms with Crippen molar-refractivity contribution in [2.75, 3.05) is 0 Å². The lowest BCUT2D eigenvalue weighted by molar-refractivity contribution is 0.668. The number of hydrogen-bond donors (Lipinski definition) is 0. The largest absolute Gasteiger partial charge is 0.456 e. The van der Waals surface area contributed by atoms with Gasteiger partial charge in [-0.3, -0.25) is 4.98 Å². The second-order valence-electron chi connectivity index (χ2n) is 14.0. The van der Waals surface area contributed by atoms with Crippen LogP contribution in [-0.2, 0) is 0 Å². The molecule has 0 aliphatic heterocycles. The van der Waals surface area contributed by atoms with Gasteiger partial charge in [-0.25, -0.2) is 9.97 Å². The zero-order valence-corrected chi connectivity index (χ0v) is 30.1. The Morgan fingerprint density at radius 1 is 0.357 bits per heavy atom. The van der Waals surface area contributed by atoms with E-state index in [2.05, 4.69) is 132 Å². The number of furan rings is 2. The summed E-state index contributed by atoms with van der Waals surface area (Å²) in [7, 11) is 0. The van der Waals surface area contributed by atoms with Crippen molar-refractivity contribution in [3.8, 4) is 67.3 Å². The van der Waals surface area contributed by atoms with Crippen LogP contribution >= 0.6 is 0 Å². The highest BCUT2D eigenvalue weighted by molar-refractivity contribution is 6.17. The van der Waals surface area contributed by atoms with Crippen LogP contribution < -0.4 is 0 Å². The molecule has 0 aliphatic rings. The molecule has 0 N–H and O–H groups in total. The molecule has 56 heavy (non-hydrogen) atoms. The molecule has 0 atom stereocenters. The first-order valence-corrected chi connectivity index (χ1v) is 18.7. The molecule has 0 bridgehead atoms. The van der Waals surface area contributed by atoms with Gasteiger partial charge in [-0.15, -0.1) is 0 Å². The molecule has 0 radical (unpaired) electrons. The van der Waals surface area contributed by atoms with Crippen LogP contribution in [0.15, 0.2) is 197 Å². The van der Waals surface area contributed by atoms with Crippen molar-refractivity contribution in [2.45, 2.75) is 0 Å². The Bertz CT molecular complexity index is 3220. The van der Waals surface area contributed by atoms with Crippen LogP contribution in [0.1, 0.15) is 0 Å². The summed E-state index contributed by atoms with van der Waals surface area (Å²) in [5.74, 6) is 0.667. The van der Waals surface area contributed by atoms with Crippen molar-refractivity contribution < 1.29 is 8.83 Å². The van der Waals surface area contributed by atoms with E-state index in [1.807, 2.05) is 54.7 Å². The maximum absolute atomic E-state index is 6.67. The van der Waals surface area contributed by atoms with E-state index in [1.165, 1.54) is 0 Å². The minimum absolute atomic E-state index is 0.667. The second kappa shape index (κ2) is 13.0. The lowest BCUT2D eigenvalue weighted by Gasteiger charge is -2.11. The molecular weight excluding hydrogens is 687 g/mol. The number of pyridine rings is 1. The topological polar surface area (TPSA) is 65.0 Å². The van der Waals surface area contributed by atoms with Gasteiger partial charge in [-0.1, -0.05) is 133 Å². The average molecular weight is 718 g/mol. The van der Waals surface area contributed by atoms with Crippen LogP contribution in [0.3, 0.4) is 0 Å². The molecule has 0 unspecified atom stereocenters. The van der Waals surface area contributed by atoms with E-state index in [0.29, 0.717) is 5.82 Å². The number of benzene rings is 7. The molecule has 0 fully saturated rings. The SMILES string of the molecule is c1ccc(-c2cc(-c3ccc(-c4cccnc4)cc3)nc(-c3ccc(-c4ccc(-c5ccc6oc7ccccc7c6c5)c5oc6ccccc6c45)cc3)n2)cc1. The van der Waals surface area contributed by atoms with Gasteiger partial charge in [-0.05, 0) is 70.3 Å². The molecule has 0 saturated heterocycles. The summed E-state index contributed by atoms with van der Waals surface area (Å²) in [4.78, 5) is 14.5. The van der Waals surface area contributed by atoms with E-state index in [4.69, 9.17) is 18.8 Å². The highest BCUT2D eigenvalue weighted by Crippen LogP contribution is 2.43. The average Bonchev–Trinajstić information content (AvgIpc) is 3.85. The van der Waals surface area contributed by atoms with Gasteiger partial charge in [0.25, 0.3) is 0 Å². The van der Waals surface area contributed by atoms with Crippen molar-refractivity contribution in [2.24, 2.45) is 0 Å². The Morgan fingerprint density at radius 2 is 0.946 bits per heavy atom. The zero-order chi connectivity index (χ0) is 37.0. The Kier molecular flexibility index (Phi) is 7.42. The normalized spacial score (nSPS) is 11.6. The van der Waals surface area contributed by atoms with Gasteiger partial charge >= 0.3 is 0 Å². The third-order valence-electron chi connectivity index (χ3n) is 10.6. The van der Waals surface area contributed by atoms with E-state index >= 15 is 0 Å². The predicted molar refractivity (Wildman–Crippen MR) is 227 cm³/mol. The predicted octanol–water partition coefficient (Wildman–Crippen LogP) is 13.7. The van der Waals surface area contributed by atoms with Crippen LogP contribution in [0, 0.1) is 0 Å². The van der Waals surface area contributed by atoms with E-state index in [0.717, 1.165) is 105 Å². The summed E-state index contributed by atoms with van der Waals surface area (Å²) in [5, 5.41) is 4.36. The lowest BCUT2D eigenvalue weighted by Crippen LogP contribution is -1.96. The smallest absolute Gasteiger partial charge is 0.160 e. The first-order valence-electron chi connectivity index (χ1n) is 18.7. The number of nitrogens with zero attached hydrogens (tertiary/aromatic N) is 3. The molecular formula is C51H31N3O2. The van der Waals surface area contributed by atoms with Crippen molar-refractivity contribution in [3.63, 3.8) is 0 Å². The first-order chi connectivity index (χ1) is 27.7. The van der Waals surface area contributed by atoms with Crippen LogP contribution in [-0.4, -0.2) is 15.0 Å². The second-order valence-corrected chi connectivity index (χ2v) is 14.0. The highest BCUT2D eigenvalue weighted by atomic mass is 16.3. The number of hydrogen-bond acceptors (Lipinski definition) is 5. The molecule has 11 aromatic rings. The fourth-order valence-electron chi connectivity index (χ4n) is 7.84. The Labute approximate surface area is 322 Å².